The second kappa shape index (κ2) is 12.1. The van der Waals surface area contributed by atoms with Gasteiger partial charge in [-0.1, -0.05) is 37.3 Å². The van der Waals surface area contributed by atoms with Gasteiger partial charge in [-0.25, -0.2) is 0 Å². The third kappa shape index (κ3) is 5.69. The number of hydrogen-bond donors (Lipinski definition) is 5. The molecule has 0 fully saturated rings. The first kappa shape index (κ1) is 27.6. The number of nitrogens with zero attached hydrogens (tertiary/aromatic N) is 1. The zero-order valence-electron chi connectivity index (χ0n) is 23.1. The third-order valence-corrected chi connectivity index (χ3v) is 7.43. The number of aromatic amines is 1. The first-order chi connectivity index (χ1) is 19.9. The Morgan fingerprint density at radius 3 is 2.59 bits per heavy atom. The van der Waals surface area contributed by atoms with Crippen LogP contribution in [0.3, 0.4) is 0 Å². The van der Waals surface area contributed by atoms with E-state index < -0.39 is 0 Å². The Kier molecular flexibility index (Phi) is 8.12. The molecule has 2 heterocycles. The summed E-state index contributed by atoms with van der Waals surface area (Å²) in [5.74, 6) is 0.444. The number of amides is 1. The van der Waals surface area contributed by atoms with Crippen molar-refractivity contribution >= 4 is 22.6 Å². The van der Waals surface area contributed by atoms with E-state index in [2.05, 4.69) is 22.2 Å². The van der Waals surface area contributed by atoms with E-state index in [4.69, 9.17) is 15.9 Å². The lowest BCUT2D eigenvalue weighted by Gasteiger charge is -2.22. The van der Waals surface area contributed by atoms with Crippen molar-refractivity contribution in [2.45, 2.75) is 32.4 Å². The number of carbonyl (C=O) groups excluding carboxylic acids is 1. The number of rotatable bonds is 10. The SMILES string of the molecule is CCC(c1ccc(C(=O)NCc2ccccn2)cc1-c1ccc(OC)cc1CO)c1c[nH]c2cc(C(=N)N)ccc12. The lowest BCUT2D eigenvalue weighted by molar-refractivity contribution is 0.0950. The summed E-state index contributed by atoms with van der Waals surface area (Å²) in [5, 5.41) is 22.1. The van der Waals surface area contributed by atoms with Crippen molar-refractivity contribution in [1.29, 1.82) is 5.41 Å². The highest BCUT2D eigenvalue weighted by Gasteiger charge is 2.23. The summed E-state index contributed by atoms with van der Waals surface area (Å²) in [5.41, 5.74) is 13.1. The van der Waals surface area contributed by atoms with Crippen LogP contribution < -0.4 is 15.8 Å². The Morgan fingerprint density at radius 2 is 1.88 bits per heavy atom. The molecule has 0 saturated carbocycles. The number of carbonyl (C=O) groups is 1. The molecule has 1 unspecified atom stereocenters. The number of aliphatic hydroxyl groups excluding tert-OH is 1. The number of nitrogens with two attached hydrogens (primary N) is 1. The van der Waals surface area contributed by atoms with E-state index in [9.17, 15) is 9.90 Å². The van der Waals surface area contributed by atoms with Crippen LogP contribution in [0.25, 0.3) is 22.0 Å². The fourth-order valence-electron chi connectivity index (χ4n) is 5.31. The monoisotopic (exact) mass is 547 g/mol. The van der Waals surface area contributed by atoms with Crippen molar-refractivity contribution in [3.05, 3.63) is 119 Å². The zero-order valence-corrected chi connectivity index (χ0v) is 23.1. The van der Waals surface area contributed by atoms with Gasteiger partial charge in [-0.05, 0) is 76.7 Å². The predicted octanol–water partition coefficient (Wildman–Crippen LogP) is 5.49. The molecular formula is C33H33N5O3. The van der Waals surface area contributed by atoms with Crippen LogP contribution in [-0.2, 0) is 13.2 Å². The van der Waals surface area contributed by atoms with Crippen LogP contribution in [0.5, 0.6) is 5.75 Å². The molecule has 0 bridgehead atoms. The number of nitrogens with one attached hydrogen (secondary N) is 3. The quantitative estimate of drug-likeness (QED) is 0.116. The summed E-state index contributed by atoms with van der Waals surface area (Å²) in [7, 11) is 1.59. The maximum absolute atomic E-state index is 13.3. The fourth-order valence-corrected chi connectivity index (χ4v) is 5.31. The molecule has 41 heavy (non-hydrogen) atoms. The zero-order chi connectivity index (χ0) is 28.9. The molecule has 1 atom stereocenters. The summed E-state index contributed by atoms with van der Waals surface area (Å²) in [4.78, 5) is 20.9. The number of fused-ring (bicyclic) bond motifs is 1. The summed E-state index contributed by atoms with van der Waals surface area (Å²) in [6.07, 6.45) is 4.50. The van der Waals surface area contributed by atoms with E-state index in [1.54, 1.807) is 13.3 Å². The molecular weight excluding hydrogens is 514 g/mol. The first-order valence-corrected chi connectivity index (χ1v) is 13.5. The number of ether oxygens (including phenoxy) is 1. The van der Waals surface area contributed by atoms with E-state index in [1.165, 1.54) is 0 Å². The lowest BCUT2D eigenvalue weighted by atomic mass is 9.82. The molecule has 0 radical (unpaired) electrons. The molecule has 8 nitrogen and oxygen atoms in total. The average molecular weight is 548 g/mol. The number of methoxy groups -OCH3 is 1. The molecule has 0 aliphatic rings. The molecule has 0 saturated heterocycles. The smallest absolute Gasteiger partial charge is 0.251 e. The summed E-state index contributed by atoms with van der Waals surface area (Å²) in [6.45, 7) is 2.27. The number of hydrogen-bond acceptors (Lipinski definition) is 5. The van der Waals surface area contributed by atoms with Crippen LogP contribution in [0, 0.1) is 5.41 Å². The van der Waals surface area contributed by atoms with Crippen molar-refractivity contribution in [1.82, 2.24) is 15.3 Å². The minimum atomic E-state index is -0.209. The van der Waals surface area contributed by atoms with Crippen molar-refractivity contribution in [2.24, 2.45) is 5.73 Å². The van der Waals surface area contributed by atoms with Gasteiger partial charge in [0.25, 0.3) is 5.91 Å². The van der Waals surface area contributed by atoms with Crippen molar-refractivity contribution in [3.8, 4) is 16.9 Å². The molecule has 0 spiro atoms. The maximum atomic E-state index is 13.3. The van der Waals surface area contributed by atoms with E-state index in [0.717, 1.165) is 45.3 Å². The average Bonchev–Trinajstić information content (AvgIpc) is 3.43. The van der Waals surface area contributed by atoms with Gasteiger partial charge in [-0.3, -0.25) is 15.2 Å². The fraction of sp³-hybridized carbons (Fsp3) is 0.182. The van der Waals surface area contributed by atoms with E-state index in [1.807, 2.05) is 79.0 Å². The maximum Gasteiger partial charge on any atom is 0.251 e. The molecule has 0 aliphatic heterocycles. The van der Waals surface area contributed by atoms with Gasteiger partial charge in [-0.15, -0.1) is 0 Å². The molecule has 8 heteroatoms. The van der Waals surface area contributed by atoms with E-state index >= 15 is 0 Å². The molecule has 2 aromatic heterocycles. The van der Waals surface area contributed by atoms with Gasteiger partial charge >= 0.3 is 0 Å². The van der Waals surface area contributed by atoms with Crippen molar-refractivity contribution in [3.63, 3.8) is 0 Å². The van der Waals surface area contributed by atoms with Crippen LogP contribution in [0.4, 0.5) is 0 Å². The Morgan fingerprint density at radius 1 is 1.05 bits per heavy atom. The van der Waals surface area contributed by atoms with Crippen LogP contribution in [0.1, 0.15) is 57.6 Å². The van der Waals surface area contributed by atoms with Gasteiger partial charge in [0.05, 0.1) is 26.0 Å². The number of pyridine rings is 1. The van der Waals surface area contributed by atoms with Crippen LogP contribution in [0.2, 0.25) is 0 Å². The van der Waals surface area contributed by atoms with E-state index in [0.29, 0.717) is 29.0 Å². The van der Waals surface area contributed by atoms with Gasteiger partial charge in [0.15, 0.2) is 0 Å². The van der Waals surface area contributed by atoms with Crippen molar-refractivity contribution < 1.29 is 14.6 Å². The number of benzene rings is 3. The molecule has 1 amide bonds. The second-order valence-corrected chi connectivity index (χ2v) is 9.87. The van der Waals surface area contributed by atoms with Crippen LogP contribution in [-0.4, -0.2) is 33.9 Å². The third-order valence-electron chi connectivity index (χ3n) is 7.43. The topological polar surface area (TPSA) is 137 Å². The summed E-state index contributed by atoms with van der Waals surface area (Å²) in [6, 6.07) is 22.7. The Labute approximate surface area is 238 Å². The Balaban J connectivity index is 1.61. The van der Waals surface area contributed by atoms with Gasteiger partial charge < -0.3 is 25.9 Å². The molecule has 3 aromatic carbocycles. The predicted molar refractivity (Wildman–Crippen MR) is 161 cm³/mol. The number of amidine groups is 1. The van der Waals surface area contributed by atoms with Gasteiger partial charge in [0, 0.05) is 40.3 Å². The van der Waals surface area contributed by atoms with Crippen LogP contribution in [0.15, 0.2) is 85.2 Å². The van der Waals surface area contributed by atoms with Crippen LogP contribution >= 0.6 is 0 Å². The minimum absolute atomic E-state index is 0.0128. The molecule has 0 aliphatic carbocycles. The van der Waals surface area contributed by atoms with E-state index in [-0.39, 0.29) is 24.3 Å². The molecule has 5 rings (SSSR count). The first-order valence-electron chi connectivity index (χ1n) is 13.5. The van der Waals surface area contributed by atoms with Crippen molar-refractivity contribution in [2.75, 3.05) is 7.11 Å². The van der Waals surface area contributed by atoms with Gasteiger partial charge in [0.2, 0.25) is 0 Å². The van der Waals surface area contributed by atoms with Gasteiger partial charge in [0.1, 0.15) is 11.6 Å². The largest absolute Gasteiger partial charge is 0.497 e. The summed E-state index contributed by atoms with van der Waals surface area (Å²) < 4.78 is 5.41. The standard InChI is InChI=1S/C33H33N5O3/c1-3-25(30-18-37-31-16-20(32(34)35)7-11-28(30)31)27-10-8-21(33(40)38-17-23-6-4-5-13-36-23)15-29(27)26-12-9-24(41-2)14-22(26)19-39/h4-16,18,25,37,39H,3,17,19H2,1-2H3,(H3,34,35)(H,38,40). The number of nitrogen functional groups attached to an aromatic ring is 1. The highest BCUT2D eigenvalue weighted by molar-refractivity contribution is 5.99. The Bertz CT molecular complexity index is 1710. The lowest BCUT2D eigenvalue weighted by Crippen LogP contribution is -2.23. The van der Waals surface area contributed by atoms with Gasteiger partial charge in [-0.2, -0.15) is 0 Å². The summed E-state index contributed by atoms with van der Waals surface area (Å²) >= 11 is 0. The highest BCUT2D eigenvalue weighted by atomic mass is 16.5. The molecule has 208 valence electrons. The second-order valence-electron chi connectivity index (χ2n) is 9.87. The highest BCUT2D eigenvalue weighted by Crippen LogP contribution is 2.40. The molecule has 5 aromatic rings. The Hall–Kier alpha value is -4.95. The molecule has 6 N–H and O–H groups in total. The normalized spacial score (nSPS) is 11.8. The number of aromatic nitrogens is 2. The minimum Gasteiger partial charge on any atom is -0.497 e. The number of H-pyrrole nitrogens is 1. The number of aliphatic hydroxyl groups is 1.